The van der Waals surface area contributed by atoms with Gasteiger partial charge in [-0.1, -0.05) is 24.3 Å². The van der Waals surface area contributed by atoms with Crippen molar-refractivity contribution in [3.8, 4) is 0 Å². The number of carbonyl (C=O) groups is 1. The highest BCUT2D eigenvalue weighted by atomic mass is 32.2. The molecule has 0 radical (unpaired) electrons. The van der Waals surface area contributed by atoms with Crippen LogP contribution in [0.15, 0.2) is 61.0 Å². The first kappa shape index (κ1) is 24.5. The van der Waals surface area contributed by atoms with Gasteiger partial charge in [0.05, 0.1) is 17.1 Å². The second-order valence-electron chi connectivity index (χ2n) is 9.65. The number of hydrogen-bond donors (Lipinski definition) is 1. The molecule has 5 rings (SSSR count). The SMILES string of the molecule is Cc1cc(C(=O)Nc2nc3cccc(C)c3n2[C@@H]2C=CC=CN(C3C[C@@H](CN(C)C)SO3)C2)ccn1. The van der Waals surface area contributed by atoms with Gasteiger partial charge in [-0.2, -0.15) is 0 Å². The van der Waals surface area contributed by atoms with E-state index in [1.54, 1.807) is 30.4 Å². The summed E-state index contributed by atoms with van der Waals surface area (Å²) in [6.45, 7) is 5.64. The van der Waals surface area contributed by atoms with Crippen LogP contribution in [-0.4, -0.2) is 68.9 Å². The molecule has 1 aromatic carbocycles. The van der Waals surface area contributed by atoms with Crippen LogP contribution in [-0.2, 0) is 4.18 Å². The molecule has 0 spiro atoms. The largest absolute Gasteiger partial charge is 0.349 e. The third-order valence-corrected chi connectivity index (χ3v) is 7.40. The minimum atomic E-state index is -0.204. The molecule has 0 aliphatic carbocycles. The van der Waals surface area contributed by atoms with Crippen LogP contribution in [0.2, 0.25) is 0 Å². The van der Waals surface area contributed by atoms with Crippen LogP contribution in [0, 0.1) is 13.8 Å². The Hall–Kier alpha value is -3.14. The molecule has 2 aliphatic heterocycles. The molecule has 1 unspecified atom stereocenters. The number of allylic oxidation sites excluding steroid dienone is 2. The molecule has 2 aromatic heterocycles. The molecule has 1 N–H and O–H groups in total. The van der Waals surface area contributed by atoms with E-state index in [0.29, 0.717) is 23.3 Å². The lowest BCUT2D eigenvalue weighted by atomic mass is 10.1. The number of aryl methyl sites for hydroxylation is 2. The van der Waals surface area contributed by atoms with E-state index in [0.717, 1.165) is 35.3 Å². The first-order valence-electron chi connectivity index (χ1n) is 12.2. The number of benzene rings is 1. The zero-order valence-electron chi connectivity index (χ0n) is 21.1. The van der Waals surface area contributed by atoms with Crippen molar-refractivity contribution in [2.45, 2.75) is 37.8 Å². The Morgan fingerprint density at radius 3 is 2.92 bits per heavy atom. The van der Waals surface area contributed by atoms with Crippen LogP contribution >= 0.6 is 12.0 Å². The number of anilines is 1. The van der Waals surface area contributed by atoms with Crippen molar-refractivity contribution in [3.05, 3.63) is 77.8 Å². The van der Waals surface area contributed by atoms with Crippen LogP contribution in [0.5, 0.6) is 0 Å². The summed E-state index contributed by atoms with van der Waals surface area (Å²) >= 11 is 1.57. The second-order valence-corrected chi connectivity index (χ2v) is 10.7. The van der Waals surface area contributed by atoms with Crippen molar-refractivity contribution in [2.75, 3.05) is 32.5 Å². The number of imidazole rings is 1. The van der Waals surface area contributed by atoms with Gasteiger partial charge in [-0.25, -0.2) is 4.98 Å². The fourth-order valence-electron chi connectivity index (χ4n) is 4.81. The second kappa shape index (κ2) is 10.5. The third kappa shape index (κ3) is 5.18. The zero-order chi connectivity index (χ0) is 25.2. The number of para-hydroxylation sites is 1. The Labute approximate surface area is 216 Å². The van der Waals surface area contributed by atoms with Crippen molar-refractivity contribution >= 4 is 34.9 Å². The first-order valence-corrected chi connectivity index (χ1v) is 13.0. The number of rotatable bonds is 6. The van der Waals surface area contributed by atoms with Gasteiger partial charge >= 0.3 is 0 Å². The highest BCUT2D eigenvalue weighted by molar-refractivity contribution is 7.95. The van der Waals surface area contributed by atoms with Gasteiger partial charge in [0.1, 0.15) is 6.23 Å². The summed E-state index contributed by atoms with van der Waals surface area (Å²) in [5.74, 6) is 0.326. The lowest BCUT2D eigenvalue weighted by Crippen LogP contribution is -2.35. The lowest BCUT2D eigenvalue weighted by molar-refractivity contribution is 0.0846. The molecule has 8 nitrogen and oxygen atoms in total. The van der Waals surface area contributed by atoms with Gasteiger partial charge in [0.2, 0.25) is 5.95 Å². The summed E-state index contributed by atoms with van der Waals surface area (Å²) in [6, 6.07) is 9.52. The van der Waals surface area contributed by atoms with Crippen molar-refractivity contribution in [1.82, 2.24) is 24.3 Å². The maximum Gasteiger partial charge on any atom is 0.258 e. The molecule has 0 saturated carbocycles. The Morgan fingerprint density at radius 1 is 1.25 bits per heavy atom. The minimum Gasteiger partial charge on any atom is -0.349 e. The molecular weight excluding hydrogens is 472 g/mol. The number of pyridine rings is 1. The van der Waals surface area contributed by atoms with Gasteiger partial charge in [-0.15, -0.1) is 0 Å². The number of carbonyl (C=O) groups excluding carboxylic acids is 1. The standard InChI is InChI=1S/C27H32N6O2S/c1-18-8-7-10-23-25(18)33(27(29-23)30-26(34)20-11-12-28-19(2)14-20)21-9-5-6-13-32(16-21)24-15-22(36-35-24)17-31(3)4/h5-14,21-22,24H,15-17H2,1-4H3,(H,29,30,34)/t21-,22+,24?/m1/s1. The average Bonchev–Trinajstić information content (AvgIpc) is 3.36. The number of amides is 1. The lowest BCUT2D eigenvalue weighted by Gasteiger charge is -2.30. The summed E-state index contributed by atoms with van der Waals surface area (Å²) in [4.78, 5) is 26.7. The highest BCUT2D eigenvalue weighted by Gasteiger charge is 2.33. The maximum atomic E-state index is 13.2. The van der Waals surface area contributed by atoms with Crippen molar-refractivity contribution < 1.29 is 8.98 Å². The molecule has 1 fully saturated rings. The normalized spacial score (nSPS) is 21.9. The van der Waals surface area contributed by atoms with Gasteiger partial charge < -0.3 is 14.4 Å². The Morgan fingerprint density at radius 2 is 2.11 bits per heavy atom. The average molecular weight is 505 g/mol. The number of hydrogen-bond acceptors (Lipinski definition) is 7. The van der Waals surface area contributed by atoms with E-state index < -0.39 is 0 Å². The number of nitrogens with one attached hydrogen (secondary N) is 1. The molecule has 1 amide bonds. The fourth-order valence-corrected chi connectivity index (χ4v) is 5.89. The monoisotopic (exact) mass is 504 g/mol. The number of fused-ring (bicyclic) bond motifs is 1. The molecule has 4 heterocycles. The summed E-state index contributed by atoms with van der Waals surface area (Å²) < 4.78 is 8.28. The van der Waals surface area contributed by atoms with Crippen LogP contribution in [0.3, 0.4) is 0 Å². The third-order valence-electron chi connectivity index (χ3n) is 6.45. The molecule has 1 saturated heterocycles. The maximum absolute atomic E-state index is 13.2. The molecule has 36 heavy (non-hydrogen) atoms. The van der Waals surface area contributed by atoms with E-state index in [4.69, 9.17) is 9.17 Å². The van der Waals surface area contributed by atoms with Crippen LogP contribution < -0.4 is 5.32 Å². The number of aromatic nitrogens is 3. The van der Waals surface area contributed by atoms with Gasteiger partial charge in [0.25, 0.3) is 5.91 Å². The molecule has 0 bridgehead atoms. The van der Waals surface area contributed by atoms with Crippen LogP contribution in [0.25, 0.3) is 11.0 Å². The predicted molar refractivity (Wildman–Crippen MR) is 145 cm³/mol. The molecule has 188 valence electrons. The molecular formula is C27H32N6O2S. The smallest absolute Gasteiger partial charge is 0.258 e. The first-order chi connectivity index (χ1) is 17.4. The Kier molecular flexibility index (Phi) is 7.13. The van der Waals surface area contributed by atoms with E-state index in [2.05, 4.69) is 76.2 Å². The molecule has 9 heteroatoms. The molecule has 3 aromatic rings. The predicted octanol–water partition coefficient (Wildman–Crippen LogP) is 4.55. The zero-order valence-corrected chi connectivity index (χ0v) is 21.9. The van der Waals surface area contributed by atoms with Gasteiger partial charge in [-0.3, -0.25) is 19.3 Å². The van der Waals surface area contributed by atoms with E-state index >= 15 is 0 Å². The van der Waals surface area contributed by atoms with Crippen molar-refractivity contribution in [2.24, 2.45) is 0 Å². The Bertz CT molecular complexity index is 1320. The summed E-state index contributed by atoms with van der Waals surface area (Å²) in [5.41, 5.74) is 4.33. The highest BCUT2D eigenvalue weighted by Crippen LogP contribution is 2.35. The Balaban J connectivity index is 1.46. The minimum absolute atomic E-state index is 0.00711. The summed E-state index contributed by atoms with van der Waals surface area (Å²) in [5, 5.41) is 3.51. The van der Waals surface area contributed by atoms with Gasteiger partial charge in [0, 0.05) is 48.4 Å². The fraction of sp³-hybridized carbons (Fsp3) is 0.370. The summed E-state index contributed by atoms with van der Waals surface area (Å²) in [6.07, 6.45) is 11.0. The van der Waals surface area contributed by atoms with E-state index in [1.807, 2.05) is 19.1 Å². The van der Waals surface area contributed by atoms with Gasteiger partial charge in [-0.05, 0) is 69.8 Å². The topological polar surface area (TPSA) is 75.5 Å². The quantitative estimate of drug-likeness (QED) is 0.494. The van der Waals surface area contributed by atoms with Crippen molar-refractivity contribution in [3.63, 3.8) is 0 Å². The summed E-state index contributed by atoms with van der Waals surface area (Å²) in [7, 11) is 4.19. The van der Waals surface area contributed by atoms with E-state index in [1.165, 1.54) is 0 Å². The molecule has 3 atom stereocenters. The molecule has 2 aliphatic rings. The van der Waals surface area contributed by atoms with E-state index in [9.17, 15) is 4.79 Å². The van der Waals surface area contributed by atoms with Gasteiger partial charge in [0.15, 0.2) is 0 Å². The number of nitrogens with zero attached hydrogens (tertiary/aromatic N) is 5. The van der Waals surface area contributed by atoms with Crippen LogP contribution in [0.4, 0.5) is 5.95 Å². The van der Waals surface area contributed by atoms with Crippen LogP contribution in [0.1, 0.15) is 34.1 Å². The van der Waals surface area contributed by atoms with Crippen molar-refractivity contribution in [1.29, 1.82) is 0 Å². The van der Waals surface area contributed by atoms with E-state index in [-0.39, 0.29) is 18.2 Å².